The quantitative estimate of drug-likeness (QED) is 0.734. The van der Waals surface area contributed by atoms with Crippen molar-refractivity contribution in [1.29, 1.82) is 0 Å². The molecule has 0 amide bonds. The maximum Gasteiger partial charge on any atom is 0.373 e. The minimum Gasteiger partial charge on any atom is -0.463 e. The van der Waals surface area contributed by atoms with E-state index in [2.05, 4.69) is 9.72 Å². The summed E-state index contributed by atoms with van der Waals surface area (Å²) in [4.78, 5) is 26.1. The highest BCUT2D eigenvalue weighted by molar-refractivity contribution is 5.97. The molecule has 0 aliphatic rings. The van der Waals surface area contributed by atoms with E-state index >= 15 is 0 Å². The van der Waals surface area contributed by atoms with E-state index in [1.54, 1.807) is 25.3 Å². The molecule has 0 atom stereocenters. The molecule has 3 rings (SSSR count). The van der Waals surface area contributed by atoms with Crippen LogP contribution in [0.15, 0.2) is 45.7 Å². The van der Waals surface area contributed by atoms with E-state index in [1.807, 2.05) is 18.2 Å². The van der Waals surface area contributed by atoms with Crippen LogP contribution in [0.25, 0.3) is 21.9 Å². The molecule has 2 heterocycles. The highest BCUT2D eigenvalue weighted by Crippen LogP contribution is 2.31. The topological polar surface area (TPSA) is 72.3 Å². The maximum absolute atomic E-state index is 11.9. The van der Waals surface area contributed by atoms with Gasteiger partial charge in [-0.2, -0.15) is 0 Å². The summed E-state index contributed by atoms with van der Waals surface area (Å²) in [5, 5.41) is 1.40. The number of hydrogen-bond donors (Lipinski definition) is 1. The molecule has 5 nitrogen and oxygen atoms in total. The summed E-state index contributed by atoms with van der Waals surface area (Å²) < 4.78 is 10.1. The van der Waals surface area contributed by atoms with Gasteiger partial charge in [-0.25, -0.2) is 4.79 Å². The van der Waals surface area contributed by atoms with Crippen LogP contribution in [-0.4, -0.2) is 18.1 Å². The first-order valence-corrected chi connectivity index (χ1v) is 6.41. The van der Waals surface area contributed by atoms with Crippen molar-refractivity contribution in [3.05, 3.63) is 58.4 Å². The Morgan fingerprint density at radius 1 is 1.19 bits per heavy atom. The Balaban J connectivity index is 2.26. The standard InChI is InChI=1S/C16H13NO4/c1-9-12(7-14(21-9)16(19)20-2)13-8-17-15(18)11-6-4-3-5-10(11)13/h3-8H,1-2H3,(H,17,18). The lowest BCUT2D eigenvalue weighted by Gasteiger charge is -2.04. The number of pyridine rings is 1. The van der Waals surface area contributed by atoms with Gasteiger partial charge in [0.15, 0.2) is 0 Å². The number of carbonyl (C=O) groups excluding carboxylic acids is 1. The van der Waals surface area contributed by atoms with Crippen molar-refractivity contribution in [1.82, 2.24) is 4.98 Å². The van der Waals surface area contributed by atoms with Gasteiger partial charge < -0.3 is 14.1 Å². The molecular weight excluding hydrogens is 270 g/mol. The number of rotatable bonds is 2. The number of nitrogens with one attached hydrogen (secondary N) is 1. The van der Waals surface area contributed by atoms with Crippen molar-refractivity contribution in [2.24, 2.45) is 0 Å². The summed E-state index contributed by atoms with van der Waals surface area (Å²) >= 11 is 0. The summed E-state index contributed by atoms with van der Waals surface area (Å²) in [6.07, 6.45) is 1.63. The predicted molar refractivity (Wildman–Crippen MR) is 78.3 cm³/mol. The molecule has 1 aromatic carbocycles. The van der Waals surface area contributed by atoms with Crippen molar-refractivity contribution in [2.45, 2.75) is 6.92 Å². The van der Waals surface area contributed by atoms with Crippen molar-refractivity contribution in [3.8, 4) is 11.1 Å². The Morgan fingerprint density at radius 2 is 1.90 bits per heavy atom. The molecule has 0 spiro atoms. The highest BCUT2D eigenvalue weighted by atomic mass is 16.5. The lowest BCUT2D eigenvalue weighted by atomic mass is 10.0. The second-order valence-corrected chi connectivity index (χ2v) is 4.65. The number of aromatic nitrogens is 1. The molecule has 0 saturated carbocycles. The number of ether oxygens (including phenoxy) is 1. The summed E-state index contributed by atoms with van der Waals surface area (Å²) in [5.41, 5.74) is 1.41. The Morgan fingerprint density at radius 3 is 2.62 bits per heavy atom. The van der Waals surface area contributed by atoms with E-state index in [9.17, 15) is 9.59 Å². The third kappa shape index (κ3) is 2.12. The van der Waals surface area contributed by atoms with Crippen molar-refractivity contribution in [3.63, 3.8) is 0 Å². The van der Waals surface area contributed by atoms with Crippen LogP contribution in [0, 0.1) is 6.92 Å². The van der Waals surface area contributed by atoms with Crippen molar-refractivity contribution in [2.75, 3.05) is 7.11 Å². The molecule has 0 aliphatic carbocycles. The average Bonchev–Trinajstić information content (AvgIpc) is 2.89. The second kappa shape index (κ2) is 4.94. The normalized spacial score (nSPS) is 10.8. The number of hydrogen-bond acceptors (Lipinski definition) is 4. The molecule has 0 radical (unpaired) electrons. The number of aromatic amines is 1. The Hall–Kier alpha value is -2.82. The molecule has 21 heavy (non-hydrogen) atoms. The zero-order valence-corrected chi connectivity index (χ0v) is 11.6. The van der Waals surface area contributed by atoms with Gasteiger partial charge in [-0.3, -0.25) is 4.79 Å². The van der Waals surface area contributed by atoms with Crippen LogP contribution in [-0.2, 0) is 4.74 Å². The Kier molecular flexibility index (Phi) is 3.10. The summed E-state index contributed by atoms with van der Waals surface area (Å²) in [6, 6.07) is 8.92. The molecule has 106 valence electrons. The minimum absolute atomic E-state index is 0.139. The van der Waals surface area contributed by atoms with Gasteiger partial charge in [0.1, 0.15) is 5.76 Å². The van der Waals surface area contributed by atoms with E-state index in [1.165, 1.54) is 7.11 Å². The van der Waals surface area contributed by atoms with Crippen LogP contribution < -0.4 is 5.56 Å². The molecular formula is C16H13NO4. The first kappa shape index (κ1) is 13.2. The predicted octanol–water partition coefficient (Wildman–Crippen LogP) is 2.88. The molecule has 0 bridgehead atoms. The Bertz CT molecular complexity index is 889. The molecule has 5 heteroatoms. The fourth-order valence-corrected chi connectivity index (χ4v) is 2.38. The number of aryl methyl sites for hydroxylation is 1. The highest BCUT2D eigenvalue weighted by Gasteiger charge is 2.17. The van der Waals surface area contributed by atoms with Gasteiger partial charge in [0.25, 0.3) is 5.56 Å². The lowest BCUT2D eigenvalue weighted by Crippen LogP contribution is -2.05. The van der Waals surface area contributed by atoms with Crippen LogP contribution in [0.4, 0.5) is 0 Å². The van der Waals surface area contributed by atoms with E-state index in [0.717, 1.165) is 16.5 Å². The van der Waals surface area contributed by atoms with E-state index in [-0.39, 0.29) is 11.3 Å². The third-order valence-corrected chi connectivity index (χ3v) is 3.40. The Labute approximate surface area is 120 Å². The second-order valence-electron chi connectivity index (χ2n) is 4.65. The number of furan rings is 1. The zero-order chi connectivity index (χ0) is 15.0. The fraction of sp³-hybridized carbons (Fsp3) is 0.125. The molecule has 2 aromatic heterocycles. The minimum atomic E-state index is -0.530. The number of H-pyrrole nitrogens is 1. The van der Waals surface area contributed by atoms with Gasteiger partial charge in [-0.1, -0.05) is 18.2 Å². The van der Waals surface area contributed by atoms with Crippen LogP contribution in [0.5, 0.6) is 0 Å². The first-order chi connectivity index (χ1) is 10.1. The summed E-state index contributed by atoms with van der Waals surface area (Å²) in [7, 11) is 1.30. The van der Waals surface area contributed by atoms with Gasteiger partial charge in [-0.15, -0.1) is 0 Å². The average molecular weight is 283 g/mol. The SMILES string of the molecule is COC(=O)c1cc(-c2c[nH]c(=O)c3ccccc23)c(C)o1. The van der Waals surface area contributed by atoms with Gasteiger partial charge in [0, 0.05) is 22.7 Å². The van der Waals surface area contributed by atoms with Crippen LogP contribution in [0.3, 0.4) is 0 Å². The monoisotopic (exact) mass is 283 g/mol. The molecule has 0 saturated heterocycles. The third-order valence-electron chi connectivity index (χ3n) is 3.40. The summed E-state index contributed by atoms with van der Waals surface area (Å²) in [5.74, 6) is 0.200. The molecule has 3 aromatic rings. The fourth-order valence-electron chi connectivity index (χ4n) is 2.38. The zero-order valence-electron chi connectivity index (χ0n) is 11.6. The van der Waals surface area contributed by atoms with Gasteiger partial charge in [-0.05, 0) is 24.4 Å². The molecule has 1 N–H and O–H groups in total. The van der Waals surface area contributed by atoms with E-state index in [0.29, 0.717) is 11.1 Å². The number of benzene rings is 1. The molecule has 0 fully saturated rings. The van der Waals surface area contributed by atoms with E-state index in [4.69, 9.17) is 4.42 Å². The van der Waals surface area contributed by atoms with Gasteiger partial charge >= 0.3 is 5.97 Å². The van der Waals surface area contributed by atoms with Gasteiger partial charge in [0.2, 0.25) is 5.76 Å². The van der Waals surface area contributed by atoms with Gasteiger partial charge in [0.05, 0.1) is 7.11 Å². The summed E-state index contributed by atoms with van der Waals surface area (Å²) in [6.45, 7) is 1.77. The maximum atomic E-state index is 11.9. The van der Waals surface area contributed by atoms with Crippen molar-refractivity contribution < 1.29 is 13.9 Å². The van der Waals surface area contributed by atoms with Crippen LogP contribution in [0.1, 0.15) is 16.3 Å². The smallest absolute Gasteiger partial charge is 0.373 e. The van der Waals surface area contributed by atoms with Crippen LogP contribution in [0.2, 0.25) is 0 Å². The number of carbonyl (C=O) groups is 1. The molecule has 0 unspecified atom stereocenters. The number of fused-ring (bicyclic) bond motifs is 1. The largest absolute Gasteiger partial charge is 0.463 e. The number of methoxy groups -OCH3 is 1. The van der Waals surface area contributed by atoms with E-state index < -0.39 is 5.97 Å². The molecule has 0 aliphatic heterocycles. The van der Waals surface area contributed by atoms with Crippen molar-refractivity contribution >= 4 is 16.7 Å². The first-order valence-electron chi connectivity index (χ1n) is 6.41. The lowest BCUT2D eigenvalue weighted by molar-refractivity contribution is 0.0563. The number of esters is 1. The van der Waals surface area contributed by atoms with Crippen LogP contribution >= 0.6 is 0 Å².